The number of hydrogen-bond acceptors (Lipinski definition) is 9. The fourth-order valence-corrected chi connectivity index (χ4v) is 13.5. The topological polar surface area (TPSA) is 123 Å². The molecule has 0 aromatic carbocycles. The molecule has 1 heterocycles. The summed E-state index contributed by atoms with van der Waals surface area (Å²) in [6, 6.07) is -0.648. The molecule has 0 aliphatic carbocycles. The van der Waals surface area contributed by atoms with Gasteiger partial charge in [-0.3, -0.25) is 0 Å². The monoisotopic (exact) mass is 938 g/mol. The molecule has 0 aromatic heterocycles. The zero-order valence-corrected chi connectivity index (χ0v) is 47.8. The third kappa shape index (κ3) is 28.0. The predicted molar refractivity (Wildman–Crippen MR) is 264 cm³/mol. The molecule has 350 valence electrons. The summed E-state index contributed by atoms with van der Waals surface area (Å²) in [6.07, 6.45) is 13.0. The lowest BCUT2D eigenvalue weighted by Crippen LogP contribution is -2.66. The van der Waals surface area contributed by atoms with Crippen LogP contribution in [0.1, 0.15) is 90.4 Å². The first-order chi connectivity index (χ1) is 26.9. The zero-order chi connectivity index (χ0) is 45.3. The summed E-state index contributed by atoms with van der Waals surface area (Å²) in [6.45, 7) is 42.3. The summed E-state index contributed by atoms with van der Waals surface area (Å²) in [5, 5.41) is 4.42. The number of hydrogen-bond donors (Lipinski definition) is 0. The fourth-order valence-electron chi connectivity index (χ4n) is 7.30. The lowest BCUT2D eigenvalue weighted by Gasteiger charge is -2.51. The van der Waals surface area contributed by atoms with Crippen molar-refractivity contribution in [1.82, 2.24) is 0 Å². The van der Waals surface area contributed by atoms with Crippen LogP contribution in [0.4, 0.5) is 0 Å². The van der Waals surface area contributed by atoms with Crippen LogP contribution in [0.3, 0.4) is 0 Å². The Morgan fingerprint density at radius 3 is 1.41 bits per heavy atom. The minimum Gasteiger partial charge on any atom is -0.415 e. The lowest BCUT2D eigenvalue weighted by molar-refractivity contribution is -0.292. The van der Waals surface area contributed by atoms with E-state index in [0.29, 0.717) is 6.61 Å². The summed E-state index contributed by atoms with van der Waals surface area (Å²) >= 11 is 0. The highest BCUT2D eigenvalue weighted by Crippen LogP contribution is 2.35. The van der Waals surface area contributed by atoms with Gasteiger partial charge in [0.15, 0.2) is 56.2 Å². The van der Waals surface area contributed by atoms with Crippen molar-refractivity contribution in [2.45, 2.75) is 257 Å². The number of nitrogens with zero attached hydrogens (tertiary/aromatic N) is 3. The third-order valence-electron chi connectivity index (χ3n) is 9.45. The van der Waals surface area contributed by atoms with Crippen LogP contribution in [0.25, 0.3) is 10.4 Å². The van der Waals surface area contributed by atoms with Crippen molar-refractivity contribution in [2.75, 3.05) is 13.2 Å². The molecular weight excluding hydrogens is 843 g/mol. The summed E-state index contributed by atoms with van der Waals surface area (Å²) in [5.41, 5.74) is 10.1. The van der Waals surface area contributed by atoms with Crippen LogP contribution < -0.4 is 0 Å². The smallest absolute Gasteiger partial charge is 0.185 e. The molecule has 0 amide bonds. The van der Waals surface area contributed by atoms with Crippen LogP contribution in [0, 0.1) is 0 Å². The predicted octanol–water partition coefficient (Wildman–Crippen LogP) is 13.4. The second kappa shape index (κ2) is 26.3. The van der Waals surface area contributed by atoms with E-state index in [1.165, 1.54) is 64.2 Å². The third-order valence-corrected chi connectivity index (χ3v) is 15.4. The van der Waals surface area contributed by atoms with Crippen molar-refractivity contribution in [2.24, 2.45) is 5.11 Å². The Morgan fingerprint density at radius 1 is 0.542 bits per heavy atom. The Bertz CT molecular complexity index is 1190. The number of azide groups is 1. The van der Waals surface area contributed by atoms with E-state index in [4.69, 9.17) is 36.0 Å². The van der Waals surface area contributed by atoms with Crippen LogP contribution in [0.15, 0.2) is 5.11 Å². The van der Waals surface area contributed by atoms with E-state index in [0.717, 1.165) is 19.3 Å². The molecule has 8 atom stereocenters. The summed E-state index contributed by atoms with van der Waals surface area (Å²) in [5.74, 6) is 0. The molecule has 17 heteroatoms. The summed E-state index contributed by atoms with van der Waals surface area (Å²) in [4.78, 5) is 3.38. The molecule has 0 unspecified atom stereocenters. The van der Waals surface area contributed by atoms with Gasteiger partial charge in [0.05, 0.1) is 31.5 Å². The van der Waals surface area contributed by atoms with Crippen molar-refractivity contribution >= 4 is 49.9 Å². The second-order valence-corrected chi connectivity index (χ2v) is 49.6. The molecule has 0 radical (unpaired) electrons. The van der Waals surface area contributed by atoms with E-state index in [1.54, 1.807) is 0 Å². The highest BCUT2D eigenvalue weighted by atomic mass is 28.4. The Morgan fingerprint density at radius 2 is 0.983 bits per heavy atom. The van der Waals surface area contributed by atoms with Gasteiger partial charge >= 0.3 is 0 Å². The summed E-state index contributed by atoms with van der Waals surface area (Å²) < 4.78 is 55.4. The van der Waals surface area contributed by atoms with Gasteiger partial charge in [-0.25, -0.2) is 0 Å². The quantitative estimate of drug-likeness (QED) is 0.0215. The molecule has 1 rings (SSSR count). The zero-order valence-electron chi connectivity index (χ0n) is 41.8. The van der Waals surface area contributed by atoms with Gasteiger partial charge in [0.1, 0.15) is 24.4 Å². The van der Waals surface area contributed by atoms with Gasteiger partial charge in [-0.05, 0) is 130 Å². The Hall–Kier alpha value is 0.291. The molecule has 0 N–H and O–H groups in total. The Kier molecular flexibility index (Phi) is 25.5. The number of ether oxygens (including phenoxy) is 2. The van der Waals surface area contributed by atoms with E-state index in [9.17, 15) is 5.53 Å². The molecule has 1 fully saturated rings. The van der Waals surface area contributed by atoms with Crippen LogP contribution in [-0.2, 0) is 36.0 Å². The first-order valence-electron chi connectivity index (χ1n) is 23.3. The number of rotatable bonds is 32. The van der Waals surface area contributed by atoms with Gasteiger partial charge in [-0.1, -0.05) is 89.1 Å². The maximum absolute atomic E-state index is 10.1. The van der Waals surface area contributed by atoms with Crippen molar-refractivity contribution in [3.63, 3.8) is 0 Å². The minimum atomic E-state index is -2.18. The van der Waals surface area contributed by atoms with Crippen LogP contribution in [0.5, 0.6) is 0 Å². The molecule has 0 saturated carbocycles. The first-order valence-corrected chi connectivity index (χ1v) is 43.7. The molecule has 1 aliphatic heterocycles. The average Bonchev–Trinajstić information content (AvgIpc) is 3.04. The maximum atomic E-state index is 10.1. The van der Waals surface area contributed by atoms with Gasteiger partial charge in [-0.15, -0.1) is 0 Å². The second-order valence-electron chi connectivity index (χ2n) is 22.8. The van der Waals surface area contributed by atoms with Crippen LogP contribution in [0.2, 0.25) is 118 Å². The largest absolute Gasteiger partial charge is 0.415 e. The molecule has 0 spiro atoms. The molecule has 11 nitrogen and oxygen atoms in total. The average molecular weight is 939 g/mol. The van der Waals surface area contributed by atoms with Gasteiger partial charge in [-0.2, -0.15) is 0 Å². The number of unbranched alkanes of at least 4 members (excludes halogenated alkanes) is 11. The molecular formula is C42H95N3O8Si6. The van der Waals surface area contributed by atoms with E-state index in [1.807, 2.05) is 0 Å². The van der Waals surface area contributed by atoms with E-state index >= 15 is 0 Å². The van der Waals surface area contributed by atoms with Gasteiger partial charge in [0, 0.05) is 4.91 Å². The van der Waals surface area contributed by atoms with Gasteiger partial charge in [0.2, 0.25) is 0 Å². The Balaban J connectivity index is 3.49. The highest BCUT2D eigenvalue weighted by Gasteiger charge is 2.52. The lowest BCUT2D eigenvalue weighted by atomic mass is 9.98. The minimum absolute atomic E-state index is 0.0836. The van der Waals surface area contributed by atoms with Crippen LogP contribution in [-0.4, -0.2) is 112 Å². The van der Waals surface area contributed by atoms with Crippen LogP contribution >= 0.6 is 0 Å². The van der Waals surface area contributed by atoms with E-state index < -0.39 is 92.8 Å². The van der Waals surface area contributed by atoms with Crippen molar-refractivity contribution in [3.8, 4) is 0 Å². The maximum Gasteiger partial charge on any atom is 0.185 e. The fraction of sp³-hybridized carbons (Fsp3) is 1.00. The van der Waals surface area contributed by atoms with Crippen molar-refractivity contribution in [3.05, 3.63) is 10.4 Å². The van der Waals surface area contributed by atoms with Gasteiger partial charge in [0.25, 0.3) is 0 Å². The van der Waals surface area contributed by atoms with E-state index in [2.05, 4.69) is 135 Å². The molecule has 0 bridgehead atoms. The van der Waals surface area contributed by atoms with E-state index in [-0.39, 0.29) is 12.7 Å². The normalized spacial score (nSPS) is 22.9. The summed E-state index contributed by atoms with van der Waals surface area (Å²) in [7, 11) is -12.5. The standard InChI is InChI=1S/C42H95N3O8Si6/c1-20-21-22-23-24-25-26-27-28-29-30-31-32-36(49-55(5,6)7)38(50-56(8,9)10)35(44-45-43)33-46-42-41(53-59(17,18)19)40(52-58(14,15)16)39(51-57(11,12)13)37(48-42)34-47-54(2,3)4/h35-42H,20-34H2,1-19H3/t35-,36-,37-,38+,39+,40+,41-,42+/m1/s1. The van der Waals surface area contributed by atoms with Crippen molar-refractivity contribution in [1.29, 1.82) is 0 Å². The molecule has 1 aliphatic rings. The first kappa shape index (κ1) is 57.3. The highest BCUT2D eigenvalue weighted by molar-refractivity contribution is 6.71. The molecule has 1 saturated heterocycles. The van der Waals surface area contributed by atoms with Gasteiger partial charge < -0.3 is 36.0 Å². The SMILES string of the molecule is CCCCCCCCCCCCCC[C@@H](O[Si](C)(C)C)[C@@H](O[Si](C)(C)C)[C@@H](CO[C@H]1O[C@H](CO[Si](C)(C)C)[C@H](O[Si](C)(C)C)[C@H](O[Si](C)(C)C)[C@H]1O[Si](C)(C)C)N=[N+]=[N-]. The Labute approximate surface area is 370 Å². The van der Waals surface area contributed by atoms with Crippen molar-refractivity contribution < 1.29 is 36.0 Å². The molecule has 59 heavy (non-hydrogen) atoms. The molecule has 0 aromatic rings.